The highest BCUT2D eigenvalue weighted by atomic mass is 35.5. The molecule has 1 saturated heterocycles. The summed E-state index contributed by atoms with van der Waals surface area (Å²) in [5.41, 5.74) is 0. The molecule has 1 aromatic carbocycles. The lowest BCUT2D eigenvalue weighted by Gasteiger charge is -2.39. The first-order valence-electron chi connectivity index (χ1n) is 6.51. The van der Waals surface area contributed by atoms with Crippen LogP contribution in [0.4, 0.5) is 0 Å². The molecule has 0 spiro atoms. The molecule has 1 aliphatic rings. The van der Waals surface area contributed by atoms with E-state index in [9.17, 15) is 23.7 Å². The molecule has 1 fully saturated rings. The van der Waals surface area contributed by atoms with Gasteiger partial charge in [0.25, 0.3) is 0 Å². The van der Waals surface area contributed by atoms with Gasteiger partial charge in [0, 0.05) is 5.02 Å². The molecule has 0 unspecified atom stereocenters. The van der Waals surface area contributed by atoms with E-state index in [0.717, 1.165) is 0 Å². The van der Waals surface area contributed by atoms with E-state index in [4.69, 9.17) is 37.2 Å². The zero-order valence-corrected chi connectivity index (χ0v) is 14.1. The van der Waals surface area contributed by atoms with E-state index in [1.165, 1.54) is 18.2 Å². The molecule has 1 heterocycles. The van der Waals surface area contributed by atoms with Crippen LogP contribution in [0.5, 0.6) is 5.75 Å². The number of aliphatic hydroxyl groups excluding tert-OH is 3. The summed E-state index contributed by atoms with van der Waals surface area (Å²) in [4.78, 5) is 0. The molecule has 0 radical (unpaired) electrons. The lowest BCUT2D eigenvalue weighted by molar-refractivity contribution is -0.276. The molecule has 0 bridgehead atoms. The summed E-state index contributed by atoms with van der Waals surface area (Å²) in [5, 5.41) is 30.0. The molecule has 24 heavy (non-hydrogen) atoms. The Kier molecular flexibility index (Phi) is 6.29. The zero-order chi connectivity index (χ0) is 18.1. The Balaban J connectivity index is 2.13. The predicted octanol–water partition coefficient (Wildman–Crippen LogP) is -0.000800. The molecule has 0 amide bonds. The van der Waals surface area contributed by atoms with Crippen molar-refractivity contribution in [3.63, 3.8) is 0 Å². The van der Waals surface area contributed by atoms with Crippen LogP contribution in [-0.4, -0.2) is 65.6 Å². The van der Waals surface area contributed by atoms with Crippen molar-refractivity contribution in [1.82, 2.24) is 0 Å². The first-order chi connectivity index (χ1) is 11.1. The van der Waals surface area contributed by atoms with Gasteiger partial charge in [-0.15, -0.1) is 0 Å². The Labute approximate surface area is 147 Å². The van der Waals surface area contributed by atoms with Crippen LogP contribution in [-0.2, 0) is 19.3 Å². The standard InChI is InChI=1S/C12H14Cl2O9S/c13-5-1-2-7(6(14)3-5)22-12-11(17)10(16)9(15)8(23-12)4-21-24(18,19)20/h1-3,8-12,15-17H,4H2,(H,18,19,20)/t8-,9-,10+,11-,12-/m1/s1. The second-order valence-electron chi connectivity index (χ2n) is 4.92. The fraction of sp³-hybridized carbons (Fsp3) is 0.500. The van der Waals surface area contributed by atoms with Crippen molar-refractivity contribution in [2.24, 2.45) is 0 Å². The van der Waals surface area contributed by atoms with Gasteiger partial charge in [-0.1, -0.05) is 23.2 Å². The Morgan fingerprint density at radius 3 is 2.38 bits per heavy atom. The fourth-order valence-corrected chi connectivity index (χ4v) is 2.76. The van der Waals surface area contributed by atoms with Gasteiger partial charge < -0.3 is 24.8 Å². The van der Waals surface area contributed by atoms with E-state index >= 15 is 0 Å². The lowest BCUT2D eigenvalue weighted by atomic mass is 9.99. The highest BCUT2D eigenvalue weighted by Crippen LogP contribution is 2.31. The third-order valence-electron chi connectivity index (χ3n) is 3.19. The minimum atomic E-state index is -4.78. The van der Waals surface area contributed by atoms with Crippen molar-refractivity contribution >= 4 is 33.6 Å². The number of aliphatic hydroxyl groups is 3. The maximum atomic E-state index is 10.6. The quantitative estimate of drug-likeness (QED) is 0.498. The molecule has 0 aromatic heterocycles. The average Bonchev–Trinajstić information content (AvgIpc) is 2.48. The van der Waals surface area contributed by atoms with Crippen LogP contribution >= 0.6 is 23.2 Å². The van der Waals surface area contributed by atoms with Crippen LogP contribution in [0.15, 0.2) is 18.2 Å². The van der Waals surface area contributed by atoms with Crippen LogP contribution in [0.25, 0.3) is 0 Å². The number of hydrogen-bond acceptors (Lipinski definition) is 8. The van der Waals surface area contributed by atoms with Gasteiger partial charge >= 0.3 is 10.4 Å². The van der Waals surface area contributed by atoms with Gasteiger partial charge in [-0.05, 0) is 18.2 Å². The van der Waals surface area contributed by atoms with E-state index in [1.807, 2.05) is 0 Å². The third kappa shape index (κ3) is 4.91. The van der Waals surface area contributed by atoms with Crippen LogP contribution in [0.1, 0.15) is 0 Å². The first kappa shape index (κ1) is 19.6. The van der Waals surface area contributed by atoms with E-state index in [2.05, 4.69) is 4.18 Å². The molecular formula is C12H14Cl2O9S. The molecule has 1 aromatic rings. The van der Waals surface area contributed by atoms with Gasteiger partial charge in [-0.25, -0.2) is 4.18 Å². The molecule has 12 heteroatoms. The van der Waals surface area contributed by atoms with Crippen LogP contribution in [0.2, 0.25) is 10.0 Å². The highest BCUT2D eigenvalue weighted by Gasteiger charge is 2.45. The van der Waals surface area contributed by atoms with Crippen molar-refractivity contribution in [1.29, 1.82) is 0 Å². The number of rotatable bonds is 5. The molecular weight excluding hydrogens is 391 g/mol. The summed E-state index contributed by atoms with van der Waals surface area (Å²) in [7, 11) is -4.78. The topological polar surface area (TPSA) is 143 Å². The predicted molar refractivity (Wildman–Crippen MR) is 81.3 cm³/mol. The maximum Gasteiger partial charge on any atom is 0.397 e. The third-order valence-corrected chi connectivity index (χ3v) is 4.15. The van der Waals surface area contributed by atoms with E-state index in [-0.39, 0.29) is 10.8 Å². The van der Waals surface area contributed by atoms with Gasteiger partial charge in [0.1, 0.15) is 30.2 Å². The number of hydrogen-bond donors (Lipinski definition) is 4. The zero-order valence-electron chi connectivity index (χ0n) is 11.8. The van der Waals surface area contributed by atoms with E-state index in [1.54, 1.807) is 0 Å². The summed E-state index contributed by atoms with van der Waals surface area (Å²) in [6.07, 6.45) is -7.95. The van der Waals surface area contributed by atoms with Crippen LogP contribution in [0, 0.1) is 0 Å². The Morgan fingerprint density at radius 2 is 1.79 bits per heavy atom. The van der Waals surface area contributed by atoms with Crippen molar-refractivity contribution in [3.05, 3.63) is 28.2 Å². The summed E-state index contributed by atoms with van der Waals surface area (Å²) in [5.74, 6) is 0.0724. The summed E-state index contributed by atoms with van der Waals surface area (Å²) in [6, 6.07) is 4.22. The van der Waals surface area contributed by atoms with Crippen molar-refractivity contribution in [3.8, 4) is 5.75 Å². The first-order valence-corrected chi connectivity index (χ1v) is 8.64. The van der Waals surface area contributed by atoms with Crippen LogP contribution in [0.3, 0.4) is 0 Å². The average molecular weight is 405 g/mol. The van der Waals surface area contributed by atoms with Crippen molar-refractivity contribution in [2.75, 3.05) is 6.61 Å². The highest BCUT2D eigenvalue weighted by molar-refractivity contribution is 7.80. The van der Waals surface area contributed by atoms with Gasteiger partial charge in [0.2, 0.25) is 6.29 Å². The summed E-state index contributed by atoms with van der Waals surface area (Å²) < 4.78 is 44.4. The van der Waals surface area contributed by atoms with Crippen molar-refractivity contribution < 1.29 is 41.9 Å². The number of benzene rings is 1. The minimum absolute atomic E-state index is 0.0724. The van der Waals surface area contributed by atoms with Crippen molar-refractivity contribution in [2.45, 2.75) is 30.7 Å². The van der Waals surface area contributed by atoms with E-state index in [0.29, 0.717) is 5.02 Å². The Morgan fingerprint density at radius 1 is 1.12 bits per heavy atom. The fourth-order valence-electron chi connectivity index (χ4n) is 2.00. The minimum Gasteiger partial charge on any atom is -0.460 e. The Bertz CT molecular complexity index is 683. The number of halogens is 2. The smallest absolute Gasteiger partial charge is 0.397 e. The maximum absolute atomic E-state index is 10.6. The lowest BCUT2D eigenvalue weighted by Crippen LogP contribution is -2.60. The molecule has 1 aliphatic heterocycles. The monoisotopic (exact) mass is 404 g/mol. The largest absolute Gasteiger partial charge is 0.460 e. The SMILES string of the molecule is O=S(=O)(O)OC[C@H]1O[C@@H](Oc2ccc(Cl)cc2Cl)[C@H](O)[C@@H](O)[C@@H]1O. The molecule has 2 rings (SSSR count). The molecule has 4 N–H and O–H groups in total. The molecule has 0 saturated carbocycles. The number of ether oxygens (including phenoxy) is 2. The molecule has 9 nitrogen and oxygen atoms in total. The van der Waals surface area contributed by atoms with Gasteiger partial charge in [0.05, 0.1) is 11.6 Å². The second kappa shape index (κ2) is 7.68. The molecule has 0 aliphatic carbocycles. The Hall–Kier alpha value is -0.690. The van der Waals surface area contributed by atoms with Gasteiger partial charge in [-0.3, -0.25) is 4.55 Å². The normalized spacial score (nSPS) is 31.0. The van der Waals surface area contributed by atoms with Gasteiger partial charge in [-0.2, -0.15) is 8.42 Å². The van der Waals surface area contributed by atoms with E-state index < -0.39 is 47.7 Å². The summed E-state index contributed by atoms with van der Waals surface area (Å²) >= 11 is 11.7. The summed E-state index contributed by atoms with van der Waals surface area (Å²) in [6.45, 7) is -0.808. The van der Waals surface area contributed by atoms with Crippen LogP contribution < -0.4 is 4.74 Å². The second-order valence-corrected chi connectivity index (χ2v) is 6.85. The van der Waals surface area contributed by atoms with Gasteiger partial charge in [0.15, 0.2) is 0 Å². The molecule has 136 valence electrons. The molecule has 5 atom stereocenters.